The number of thioether (sulfide) groups is 1. The van der Waals surface area contributed by atoms with Gasteiger partial charge in [-0.2, -0.15) is 5.26 Å². The van der Waals surface area contributed by atoms with Crippen molar-refractivity contribution in [2.75, 3.05) is 11.1 Å². The number of anilines is 1. The van der Waals surface area contributed by atoms with Gasteiger partial charge in [-0.25, -0.2) is 8.78 Å². The van der Waals surface area contributed by atoms with Gasteiger partial charge in [0.05, 0.1) is 22.9 Å². The number of carbonyl (C=O) groups excluding carboxylic acids is 1. The first kappa shape index (κ1) is 21.2. The molecule has 0 saturated heterocycles. The average Bonchev–Trinajstić information content (AvgIpc) is 3.23. The highest BCUT2D eigenvalue weighted by molar-refractivity contribution is 7.99. The van der Waals surface area contributed by atoms with Crippen molar-refractivity contribution in [3.05, 3.63) is 90.0 Å². The highest BCUT2D eigenvalue weighted by atomic mass is 32.2. The van der Waals surface area contributed by atoms with Crippen LogP contribution in [-0.2, 0) is 4.79 Å². The minimum absolute atomic E-state index is 0.0105. The van der Waals surface area contributed by atoms with E-state index in [2.05, 4.69) is 15.5 Å². The van der Waals surface area contributed by atoms with Crippen molar-refractivity contribution in [1.29, 1.82) is 5.26 Å². The van der Waals surface area contributed by atoms with Crippen LogP contribution in [0.5, 0.6) is 0 Å². The second-order valence-electron chi connectivity index (χ2n) is 6.62. The van der Waals surface area contributed by atoms with Gasteiger partial charge in [-0.15, -0.1) is 10.2 Å². The number of nitriles is 1. The number of hydrogen-bond acceptors (Lipinski definition) is 5. The third-order valence-corrected chi connectivity index (χ3v) is 5.39. The zero-order valence-corrected chi connectivity index (χ0v) is 17.3. The Kier molecular flexibility index (Phi) is 6.24. The van der Waals surface area contributed by atoms with Crippen molar-refractivity contribution in [2.45, 2.75) is 5.16 Å². The van der Waals surface area contributed by atoms with Crippen LogP contribution in [0, 0.1) is 23.0 Å². The van der Waals surface area contributed by atoms with E-state index < -0.39 is 11.6 Å². The lowest BCUT2D eigenvalue weighted by Crippen LogP contribution is -2.14. The second-order valence-corrected chi connectivity index (χ2v) is 7.57. The van der Waals surface area contributed by atoms with Crippen molar-refractivity contribution in [3.8, 4) is 23.1 Å². The van der Waals surface area contributed by atoms with E-state index in [0.29, 0.717) is 22.1 Å². The summed E-state index contributed by atoms with van der Waals surface area (Å²) in [5.41, 5.74) is 1.81. The molecule has 0 aliphatic rings. The zero-order chi connectivity index (χ0) is 22.5. The van der Waals surface area contributed by atoms with E-state index in [1.165, 1.54) is 30.3 Å². The summed E-state index contributed by atoms with van der Waals surface area (Å²) in [7, 11) is 0. The van der Waals surface area contributed by atoms with Gasteiger partial charge in [0, 0.05) is 11.4 Å². The second kappa shape index (κ2) is 9.41. The molecule has 1 heterocycles. The Morgan fingerprint density at radius 2 is 1.72 bits per heavy atom. The van der Waals surface area contributed by atoms with E-state index in [4.69, 9.17) is 5.26 Å². The third-order valence-electron chi connectivity index (χ3n) is 4.46. The Balaban J connectivity index is 1.59. The first-order valence-corrected chi connectivity index (χ1v) is 10.4. The number of nitrogens with one attached hydrogen (secondary N) is 1. The normalized spacial score (nSPS) is 10.5. The summed E-state index contributed by atoms with van der Waals surface area (Å²) in [5, 5.41) is 20.2. The molecular formula is C23H15F2N5OS. The molecule has 4 aromatic rings. The highest BCUT2D eigenvalue weighted by Crippen LogP contribution is 2.29. The lowest BCUT2D eigenvalue weighted by Gasteiger charge is -2.11. The minimum Gasteiger partial charge on any atom is -0.325 e. The van der Waals surface area contributed by atoms with Gasteiger partial charge in [-0.05, 0) is 60.7 Å². The van der Waals surface area contributed by atoms with E-state index >= 15 is 0 Å². The molecule has 0 aliphatic carbocycles. The molecule has 3 aromatic carbocycles. The van der Waals surface area contributed by atoms with E-state index in [1.807, 2.05) is 6.07 Å². The predicted octanol–water partition coefficient (Wildman–Crippen LogP) is 4.81. The number of amides is 1. The molecule has 6 nitrogen and oxygen atoms in total. The Labute approximate surface area is 186 Å². The molecule has 0 bridgehead atoms. The summed E-state index contributed by atoms with van der Waals surface area (Å²) in [6.07, 6.45) is 0. The van der Waals surface area contributed by atoms with Crippen LogP contribution in [0.3, 0.4) is 0 Å². The fourth-order valence-electron chi connectivity index (χ4n) is 2.96. The molecule has 4 rings (SSSR count). The summed E-state index contributed by atoms with van der Waals surface area (Å²) in [6, 6.07) is 20.3. The average molecular weight is 447 g/mol. The number of aromatic nitrogens is 3. The van der Waals surface area contributed by atoms with Crippen LogP contribution in [0.25, 0.3) is 17.1 Å². The van der Waals surface area contributed by atoms with Gasteiger partial charge < -0.3 is 5.32 Å². The molecule has 0 aliphatic heterocycles. The summed E-state index contributed by atoms with van der Waals surface area (Å²) >= 11 is 1.11. The van der Waals surface area contributed by atoms with Crippen LogP contribution in [0.4, 0.5) is 14.5 Å². The summed E-state index contributed by atoms with van der Waals surface area (Å²) < 4.78 is 29.5. The molecule has 0 radical (unpaired) electrons. The van der Waals surface area contributed by atoms with Crippen LogP contribution >= 0.6 is 11.8 Å². The maximum Gasteiger partial charge on any atom is 0.234 e. The summed E-state index contributed by atoms with van der Waals surface area (Å²) in [4.78, 5) is 12.4. The minimum atomic E-state index is -0.474. The van der Waals surface area contributed by atoms with Crippen LogP contribution < -0.4 is 5.32 Å². The van der Waals surface area contributed by atoms with Gasteiger partial charge in [0.2, 0.25) is 5.91 Å². The molecule has 0 unspecified atom stereocenters. The summed E-state index contributed by atoms with van der Waals surface area (Å²) in [5.74, 6) is -0.925. The molecule has 1 N–H and O–H groups in total. The molecule has 158 valence electrons. The molecule has 1 aromatic heterocycles. The lowest BCUT2D eigenvalue weighted by molar-refractivity contribution is -0.113. The standard InChI is InChI=1S/C23H15F2N5OS/c24-16-7-11-18(12-8-16)30-22(19-3-1-2-4-20(19)25)28-29-23(30)32-14-21(31)27-17-9-5-15(13-26)6-10-17/h1-12H,14H2,(H,27,31). The van der Waals surface area contributed by atoms with Crippen molar-refractivity contribution in [2.24, 2.45) is 0 Å². The lowest BCUT2D eigenvalue weighted by atomic mass is 10.2. The van der Waals surface area contributed by atoms with E-state index in [-0.39, 0.29) is 23.0 Å². The maximum atomic E-state index is 14.4. The molecule has 0 saturated carbocycles. The fraction of sp³-hybridized carbons (Fsp3) is 0.0435. The SMILES string of the molecule is N#Cc1ccc(NC(=O)CSc2nnc(-c3ccccc3F)n2-c2ccc(F)cc2)cc1. The number of rotatable bonds is 6. The third kappa shape index (κ3) is 4.66. The monoisotopic (exact) mass is 447 g/mol. The van der Waals surface area contributed by atoms with E-state index in [9.17, 15) is 13.6 Å². The zero-order valence-electron chi connectivity index (χ0n) is 16.5. The molecule has 0 spiro atoms. The van der Waals surface area contributed by atoms with Crippen molar-refractivity contribution in [1.82, 2.24) is 14.8 Å². The number of hydrogen-bond donors (Lipinski definition) is 1. The number of benzene rings is 3. The van der Waals surface area contributed by atoms with Gasteiger partial charge in [-0.3, -0.25) is 9.36 Å². The van der Waals surface area contributed by atoms with Gasteiger partial charge in [-0.1, -0.05) is 23.9 Å². The first-order valence-electron chi connectivity index (χ1n) is 9.44. The number of carbonyl (C=O) groups is 1. The molecule has 32 heavy (non-hydrogen) atoms. The van der Waals surface area contributed by atoms with E-state index in [1.54, 1.807) is 47.0 Å². The molecule has 0 atom stereocenters. The predicted molar refractivity (Wildman–Crippen MR) is 117 cm³/mol. The largest absolute Gasteiger partial charge is 0.325 e. The number of nitrogens with zero attached hydrogens (tertiary/aromatic N) is 4. The molecule has 0 fully saturated rings. The Morgan fingerprint density at radius 3 is 2.41 bits per heavy atom. The first-order chi connectivity index (χ1) is 15.5. The van der Waals surface area contributed by atoms with Crippen molar-refractivity contribution in [3.63, 3.8) is 0 Å². The van der Waals surface area contributed by atoms with Gasteiger partial charge in [0.25, 0.3) is 0 Å². The van der Waals surface area contributed by atoms with Gasteiger partial charge in [0.15, 0.2) is 11.0 Å². The number of halogens is 2. The van der Waals surface area contributed by atoms with Crippen molar-refractivity contribution >= 4 is 23.4 Å². The maximum absolute atomic E-state index is 14.4. The highest BCUT2D eigenvalue weighted by Gasteiger charge is 2.19. The van der Waals surface area contributed by atoms with Gasteiger partial charge >= 0.3 is 0 Å². The fourth-order valence-corrected chi connectivity index (χ4v) is 3.71. The molecule has 1 amide bonds. The Bertz CT molecular complexity index is 1300. The summed E-state index contributed by atoms with van der Waals surface area (Å²) in [6.45, 7) is 0. The van der Waals surface area contributed by atoms with E-state index in [0.717, 1.165) is 11.8 Å². The quantitative estimate of drug-likeness (QED) is 0.429. The smallest absolute Gasteiger partial charge is 0.234 e. The van der Waals surface area contributed by atoms with Crippen LogP contribution in [0.1, 0.15) is 5.56 Å². The molecular weight excluding hydrogens is 432 g/mol. The van der Waals surface area contributed by atoms with Crippen LogP contribution in [0.2, 0.25) is 0 Å². The van der Waals surface area contributed by atoms with Crippen LogP contribution in [0.15, 0.2) is 78.0 Å². The van der Waals surface area contributed by atoms with Crippen LogP contribution in [-0.4, -0.2) is 26.4 Å². The Hall–Kier alpha value is -4.03. The van der Waals surface area contributed by atoms with Gasteiger partial charge in [0.1, 0.15) is 11.6 Å². The van der Waals surface area contributed by atoms with Crippen molar-refractivity contribution < 1.29 is 13.6 Å². The Morgan fingerprint density at radius 1 is 1.00 bits per heavy atom. The molecule has 9 heteroatoms. The topological polar surface area (TPSA) is 83.6 Å².